The van der Waals surface area contributed by atoms with Crippen molar-refractivity contribution in [1.82, 2.24) is 15.3 Å². The summed E-state index contributed by atoms with van der Waals surface area (Å²) in [6.07, 6.45) is 6.15. The molecule has 41 heavy (non-hydrogen) atoms. The van der Waals surface area contributed by atoms with Crippen molar-refractivity contribution in [3.63, 3.8) is 0 Å². The molecule has 6 rings (SSSR count). The van der Waals surface area contributed by atoms with Crippen molar-refractivity contribution >= 4 is 16.8 Å². The first-order valence-corrected chi connectivity index (χ1v) is 14.4. The van der Waals surface area contributed by atoms with Crippen LogP contribution >= 0.6 is 0 Å². The lowest BCUT2D eigenvalue weighted by Gasteiger charge is -2.22. The Bertz CT molecular complexity index is 1550. The second-order valence-corrected chi connectivity index (χ2v) is 10.8. The van der Waals surface area contributed by atoms with E-state index in [0.717, 1.165) is 47.8 Å². The maximum Gasteiger partial charge on any atom is 0.251 e. The second kappa shape index (κ2) is 11.8. The lowest BCUT2D eigenvalue weighted by atomic mass is 9.94. The molecule has 2 fully saturated rings. The SMILES string of the molecule is CCOc1c(CCF)cc([C@@H](CNC(=O)c2cc(OC3CC3)c3ncccc3c2)C2CC2)nc1-c1ccc(F)cc1. The van der Waals surface area contributed by atoms with Gasteiger partial charge in [-0.3, -0.25) is 14.2 Å². The Morgan fingerprint density at radius 1 is 1.10 bits per heavy atom. The van der Waals surface area contributed by atoms with E-state index >= 15 is 0 Å². The van der Waals surface area contributed by atoms with E-state index in [1.165, 1.54) is 12.1 Å². The van der Waals surface area contributed by atoms with E-state index in [4.69, 9.17) is 14.5 Å². The highest BCUT2D eigenvalue weighted by Gasteiger charge is 2.35. The van der Waals surface area contributed by atoms with Crippen LogP contribution < -0.4 is 14.8 Å². The van der Waals surface area contributed by atoms with Crippen molar-refractivity contribution in [3.05, 3.63) is 83.4 Å². The summed E-state index contributed by atoms with van der Waals surface area (Å²) in [5.41, 5.74) is 4.02. The van der Waals surface area contributed by atoms with E-state index < -0.39 is 6.67 Å². The van der Waals surface area contributed by atoms with Gasteiger partial charge < -0.3 is 14.8 Å². The lowest BCUT2D eigenvalue weighted by molar-refractivity contribution is 0.0949. The number of amides is 1. The number of benzene rings is 2. The highest BCUT2D eigenvalue weighted by atomic mass is 19.1. The van der Waals surface area contributed by atoms with Gasteiger partial charge in [0.25, 0.3) is 5.91 Å². The molecule has 0 saturated heterocycles. The van der Waals surface area contributed by atoms with Crippen LogP contribution in [-0.2, 0) is 6.42 Å². The Morgan fingerprint density at radius 2 is 1.90 bits per heavy atom. The molecule has 2 aliphatic carbocycles. The smallest absolute Gasteiger partial charge is 0.251 e. The average Bonchev–Trinajstić information content (AvgIpc) is 3.91. The second-order valence-electron chi connectivity index (χ2n) is 10.8. The lowest BCUT2D eigenvalue weighted by Crippen LogP contribution is -2.30. The van der Waals surface area contributed by atoms with E-state index in [2.05, 4.69) is 10.3 Å². The molecule has 0 spiro atoms. The molecule has 1 amide bonds. The fourth-order valence-corrected chi connectivity index (χ4v) is 5.26. The Morgan fingerprint density at radius 3 is 2.61 bits per heavy atom. The Labute approximate surface area is 238 Å². The number of hydrogen-bond donors (Lipinski definition) is 1. The van der Waals surface area contributed by atoms with Crippen LogP contribution in [0.4, 0.5) is 8.78 Å². The third-order valence-electron chi connectivity index (χ3n) is 7.64. The molecule has 2 heterocycles. The number of aryl methyl sites for hydroxylation is 1. The van der Waals surface area contributed by atoms with Gasteiger partial charge in [0.1, 0.15) is 28.5 Å². The van der Waals surface area contributed by atoms with Crippen molar-refractivity contribution in [2.75, 3.05) is 19.8 Å². The summed E-state index contributed by atoms with van der Waals surface area (Å²) in [4.78, 5) is 22.9. The molecule has 0 radical (unpaired) electrons. The standard InChI is InChI=1S/C33H33F2N3O3/c1-2-40-32-23(13-14-34)17-28(38-31(32)21-7-9-25(35)10-8-21)27(20-5-6-20)19-37-33(39)24-16-22-4-3-15-36-30(22)29(18-24)41-26-11-12-26/h3-4,7-10,15-18,20,26-27H,2,5-6,11-14,19H2,1H3,(H,37,39)/t27-/m0/s1. The molecule has 4 aromatic rings. The van der Waals surface area contributed by atoms with Gasteiger partial charge in [-0.05, 0) is 87.1 Å². The maximum atomic E-state index is 13.7. The summed E-state index contributed by atoms with van der Waals surface area (Å²) >= 11 is 0. The van der Waals surface area contributed by atoms with Gasteiger partial charge in [0, 0.05) is 52.9 Å². The number of alkyl halides is 1. The highest BCUT2D eigenvalue weighted by Crippen LogP contribution is 2.44. The number of carbonyl (C=O) groups excluding carboxylic acids is 1. The van der Waals surface area contributed by atoms with Crippen molar-refractivity contribution in [2.24, 2.45) is 5.92 Å². The minimum Gasteiger partial charge on any atom is -0.491 e. The number of fused-ring (bicyclic) bond motifs is 1. The number of rotatable bonds is 12. The van der Waals surface area contributed by atoms with Crippen LogP contribution in [-0.4, -0.2) is 41.8 Å². The Kier molecular flexibility index (Phi) is 7.81. The number of pyridine rings is 2. The minimum absolute atomic E-state index is 0.0588. The zero-order chi connectivity index (χ0) is 28.3. The molecule has 0 bridgehead atoms. The number of halogens is 2. The summed E-state index contributed by atoms with van der Waals surface area (Å²) in [6, 6.07) is 15.4. The van der Waals surface area contributed by atoms with Crippen LogP contribution in [0.1, 0.15) is 60.1 Å². The molecule has 8 heteroatoms. The van der Waals surface area contributed by atoms with Crippen LogP contribution in [0.5, 0.6) is 11.5 Å². The molecule has 2 saturated carbocycles. The third kappa shape index (κ3) is 6.16. The van der Waals surface area contributed by atoms with Gasteiger partial charge in [0.2, 0.25) is 0 Å². The molecule has 1 N–H and O–H groups in total. The Balaban J connectivity index is 1.30. The zero-order valence-electron chi connectivity index (χ0n) is 23.0. The minimum atomic E-state index is -0.542. The highest BCUT2D eigenvalue weighted by molar-refractivity contribution is 5.99. The van der Waals surface area contributed by atoms with Crippen LogP contribution in [0.25, 0.3) is 22.2 Å². The molecule has 2 aromatic heterocycles. The molecule has 6 nitrogen and oxygen atoms in total. The number of nitrogens with one attached hydrogen (secondary N) is 1. The first-order valence-electron chi connectivity index (χ1n) is 14.4. The van der Waals surface area contributed by atoms with Crippen LogP contribution in [0.3, 0.4) is 0 Å². The third-order valence-corrected chi connectivity index (χ3v) is 7.64. The van der Waals surface area contributed by atoms with Crippen LogP contribution in [0, 0.1) is 11.7 Å². The van der Waals surface area contributed by atoms with Gasteiger partial charge in [-0.2, -0.15) is 0 Å². The number of aromatic nitrogens is 2. The van der Waals surface area contributed by atoms with E-state index in [1.54, 1.807) is 24.4 Å². The number of ether oxygens (including phenoxy) is 2. The predicted octanol–water partition coefficient (Wildman–Crippen LogP) is 6.81. The van der Waals surface area contributed by atoms with Crippen molar-refractivity contribution in [2.45, 2.75) is 51.0 Å². The maximum absolute atomic E-state index is 13.7. The summed E-state index contributed by atoms with van der Waals surface area (Å²) in [6.45, 7) is 2.10. The number of carbonyl (C=O) groups is 1. The fourth-order valence-electron chi connectivity index (χ4n) is 5.26. The van der Waals surface area contributed by atoms with Gasteiger partial charge in [-0.1, -0.05) is 6.07 Å². The predicted molar refractivity (Wildman–Crippen MR) is 154 cm³/mol. The zero-order valence-corrected chi connectivity index (χ0v) is 23.0. The average molecular weight is 558 g/mol. The van der Waals surface area contributed by atoms with Crippen molar-refractivity contribution in [3.8, 4) is 22.8 Å². The van der Waals surface area contributed by atoms with E-state index in [0.29, 0.717) is 47.4 Å². The fraction of sp³-hybridized carbons (Fsp3) is 0.364. The summed E-state index contributed by atoms with van der Waals surface area (Å²) < 4.78 is 39.4. The number of nitrogens with zero attached hydrogens (tertiary/aromatic N) is 2. The van der Waals surface area contributed by atoms with Gasteiger partial charge >= 0.3 is 0 Å². The first kappa shape index (κ1) is 27.1. The van der Waals surface area contributed by atoms with Gasteiger partial charge in [0.15, 0.2) is 0 Å². The summed E-state index contributed by atoms with van der Waals surface area (Å²) in [7, 11) is 0. The monoisotopic (exact) mass is 557 g/mol. The normalized spacial score (nSPS) is 15.5. The van der Waals surface area contributed by atoms with Gasteiger partial charge in [0.05, 0.1) is 19.4 Å². The van der Waals surface area contributed by atoms with E-state index in [-0.39, 0.29) is 30.2 Å². The van der Waals surface area contributed by atoms with Gasteiger partial charge in [-0.15, -0.1) is 0 Å². The largest absolute Gasteiger partial charge is 0.491 e. The van der Waals surface area contributed by atoms with Crippen molar-refractivity contribution in [1.29, 1.82) is 0 Å². The molecular weight excluding hydrogens is 524 g/mol. The number of hydrogen-bond acceptors (Lipinski definition) is 5. The summed E-state index contributed by atoms with van der Waals surface area (Å²) in [5.74, 6) is 0.900. The summed E-state index contributed by atoms with van der Waals surface area (Å²) in [5, 5.41) is 3.98. The van der Waals surface area contributed by atoms with Crippen LogP contribution in [0.2, 0.25) is 0 Å². The topological polar surface area (TPSA) is 73.3 Å². The molecule has 212 valence electrons. The molecule has 0 aliphatic heterocycles. The molecule has 2 aliphatic rings. The van der Waals surface area contributed by atoms with Crippen molar-refractivity contribution < 1.29 is 23.0 Å². The van der Waals surface area contributed by atoms with Gasteiger partial charge in [-0.25, -0.2) is 9.37 Å². The van der Waals surface area contributed by atoms with E-state index in [9.17, 15) is 13.6 Å². The molecule has 0 unspecified atom stereocenters. The Hall–Kier alpha value is -4.07. The first-order chi connectivity index (χ1) is 20.0. The van der Waals surface area contributed by atoms with E-state index in [1.807, 2.05) is 31.2 Å². The quantitative estimate of drug-likeness (QED) is 0.207. The molecule has 2 aromatic carbocycles. The molecule has 1 atom stereocenters. The van der Waals surface area contributed by atoms with Crippen LogP contribution in [0.15, 0.2) is 60.8 Å². The molecular formula is C33H33F2N3O3.